The monoisotopic (exact) mass is 1320 g/mol. The van der Waals surface area contributed by atoms with Crippen LogP contribution in [0.3, 0.4) is 0 Å². The predicted octanol–water partition coefficient (Wildman–Crippen LogP) is 28.5. The molecule has 0 aliphatic carbocycles. The zero-order valence-corrected chi connectivity index (χ0v) is 74.8. The minimum atomic E-state index is -1.18. The summed E-state index contributed by atoms with van der Waals surface area (Å²) >= 11 is 0. The summed E-state index contributed by atoms with van der Waals surface area (Å²) in [5.74, 6) is 1.80. The Labute approximate surface area is 545 Å². The molecule has 0 saturated heterocycles. The topological polar surface area (TPSA) is 0 Å². The van der Waals surface area contributed by atoms with E-state index in [2.05, 4.69) is 359 Å². The lowest BCUT2D eigenvalue weighted by Crippen LogP contribution is -2.37. The number of hydrogen-bond acceptors (Lipinski definition) is 0. The van der Waals surface area contributed by atoms with E-state index in [1.54, 1.807) is 0 Å². The lowest BCUT2D eigenvalue weighted by molar-refractivity contribution is 0.681. The average Bonchev–Trinajstić information content (AvgIpc) is 3.28. The highest BCUT2D eigenvalue weighted by Crippen LogP contribution is 2.35. The van der Waals surface area contributed by atoms with E-state index in [1.165, 1.54) is 83.9 Å². The summed E-state index contributed by atoms with van der Waals surface area (Å²) in [6, 6.07) is 43.9. The van der Waals surface area contributed by atoms with Gasteiger partial charge in [-0.1, -0.05) is 448 Å². The second-order valence-corrected chi connectivity index (χ2v) is 86.4. The van der Waals surface area contributed by atoms with Gasteiger partial charge in [-0.3, -0.25) is 0 Å². The van der Waals surface area contributed by atoms with Gasteiger partial charge >= 0.3 is 0 Å². The molecule has 498 valence electrons. The molecule has 0 saturated carbocycles. The van der Waals surface area contributed by atoms with Gasteiger partial charge in [0.05, 0.1) is 24.2 Å². The fourth-order valence-electron chi connectivity index (χ4n) is 8.49. The summed E-state index contributed by atoms with van der Waals surface area (Å²) in [5, 5.41) is 2.11. The second kappa shape index (κ2) is 45.8. The molecule has 0 aliphatic heterocycles. The Bertz CT molecular complexity index is 1820. The highest BCUT2D eigenvalue weighted by atomic mass is 28.3. The van der Waals surface area contributed by atoms with Crippen LogP contribution in [-0.4, -0.2) is 72.7 Å². The van der Waals surface area contributed by atoms with Crippen LogP contribution in [0.1, 0.15) is 148 Å². The van der Waals surface area contributed by atoms with Gasteiger partial charge in [0.1, 0.15) is 0 Å². The van der Waals surface area contributed by atoms with E-state index in [9.17, 15) is 0 Å². The highest BCUT2D eigenvalue weighted by Gasteiger charge is 2.30. The smallest absolute Gasteiger partial charge is 0.0696 e. The van der Waals surface area contributed by atoms with Crippen molar-refractivity contribution < 1.29 is 0 Å². The molecule has 0 aliphatic rings. The quantitative estimate of drug-likeness (QED) is 0.105. The normalized spacial score (nSPS) is 12.4. The summed E-state index contributed by atoms with van der Waals surface area (Å²) in [4.78, 5) is 0. The van der Waals surface area contributed by atoms with Crippen LogP contribution in [0.4, 0.5) is 0 Å². The first-order valence-electron chi connectivity index (χ1n) is 34.6. The van der Waals surface area contributed by atoms with E-state index in [0.29, 0.717) is 5.04 Å². The molecule has 9 heteroatoms. The average molecular weight is 1320 g/mol. The first-order valence-corrected chi connectivity index (χ1v) is 65.9. The summed E-state index contributed by atoms with van der Waals surface area (Å²) in [6.45, 7) is 95.4. The molecule has 3 aromatic carbocycles. The summed E-state index contributed by atoms with van der Waals surface area (Å²) < 4.78 is 0. The zero-order valence-electron chi connectivity index (χ0n) is 65.8. The van der Waals surface area contributed by atoms with Crippen molar-refractivity contribution in [3.05, 3.63) is 102 Å². The third-order valence-electron chi connectivity index (χ3n) is 17.5. The van der Waals surface area contributed by atoms with Crippen molar-refractivity contribution in [2.75, 3.05) is 0 Å². The van der Waals surface area contributed by atoms with E-state index < -0.39 is 72.7 Å². The van der Waals surface area contributed by atoms with Gasteiger partial charge < -0.3 is 0 Å². The molecule has 0 aromatic heterocycles. The lowest BCUT2D eigenvalue weighted by Gasteiger charge is -2.32. The largest absolute Gasteiger partial charge is 0.0775 e. The van der Waals surface area contributed by atoms with Gasteiger partial charge in [0, 0.05) is 48.4 Å². The van der Waals surface area contributed by atoms with Crippen LogP contribution < -0.4 is 5.19 Å². The number of hydrogen-bond donors (Lipinski definition) is 0. The van der Waals surface area contributed by atoms with Crippen molar-refractivity contribution in [3.8, 4) is 0 Å². The molecule has 0 radical (unpaired) electrons. The van der Waals surface area contributed by atoms with Crippen LogP contribution in [0.2, 0.25) is 209 Å². The van der Waals surface area contributed by atoms with Gasteiger partial charge in [-0.15, -0.1) is 0 Å². The van der Waals surface area contributed by atoms with Gasteiger partial charge in [0.15, 0.2) is 0 Å². The van der Waals surface area contributed by atoms with Crippen LogP contribution in [0.25, 0.3) is 0 Å². The van der Waals surface area contributed by atoms with Gasteiger partial charge in [0.25, 0.3) is 0 Å². The summed E-state index contributed by atoms with van der Waals surface area (Å²) in [5.41, 5.74) is 5.77. The zero-order chi connectivity index (χ0) is 68.0. The molecule has 0 bridgehead atoms. The Morgan fingerprint density at radius 2 is 0.607 bits per heavy atom. The van der Waals surface area contributed by atoms with Crippen LogP contribution >= 0.6 is 0 Å². The first kappa shape index (κ1) is 94.7. The third-order valence-corrected chi connectivity index (χ3v) is 47.9. The fraction of sp³-hybridized carbons (Fsp3) is 0.760. The van der Waals surface area contributed by atoms with Crippen LogP contribution in [-0.2, 0) is 12.1 Å². The minimum absolute atomic E-state index is 0.576. The van der Waals surface area contributed by atoms with E-state index in [1.807, 2.05) is 0 Å². The molecule has 0 spiro atoms. The maximum Gasteiger partial charge on any atom is 0.0775 e. The van der Waals surface area contributed by atoms with Crippen LogP contribution in [0.5, 0.6) is 0 Å². The molecule has 0 nitrogen and oxygen atoms in total. The maximum atomic E-state index is 2.52. The molecule has 0 unspecified atom stereocenters. The summed E-state index contributed by atoms with van der Waals surface area (Å²) in [6.07, 6.45) is 4.15. The number of benzene rings is 3. The Kier molecular flexibility index (Phi) is 51.6. The first-order chi connectivity index (χ1) is 37.4. The lowest BCUT2D eigenvalue weighted by atomic mass is 10.2. The van der Waals surface area contributed by atoms with Crippen molar-refractivity contribution in [1.29, 1.82) is 0 Å². The molecule has 0 N–H and O–H groups in total. The molecule has 84 heavy (non-hydrogen) atoms. The molecule has 0 heterocycles. The van der Waals surface area contributed by atoms with E-state index in [0.717, 1.165) is 28.5 Å². The Hall–Kier alpha value is -0.388. The highest BCUT2D eigenvalue weighted by molar-refractivity contribution is 6.88. The SMILES string of the molecule is CC(C)(C)[Si](C)(C)C.CC(C)C[Si](C)(C)CC(C)C.CC(C)[Si](C)(C)C.CC(C)[Si](C)(C)C(C)C.CCC[Si](C)(C)C.CCC[Si](C)(C)CCC.CC[Si](C)(C)C.C[Si](C)(C)c1ccccc1.C[Si](C)(Cc1ccccc1)Cc1ccccc1. The van der Waals surface area contributed by atoms with Crippen LogP contribution in [0.15, 0.2) is 91.0 Å². The summed E-state index contributed by atoms with van der Waals surface area (Å²) in [7, 11) is -7.49. The molecule has 0 fully saturated rings. The number of rotatable bonds is 19. The Morgan fingerprint density at radius 3 is 0.750 bits per heavy atom. The van der Waals surface area contributed by atoms with E-state index in [4.69, 9.17) is 0 Å². The van der Waals surface area contributed by atoms with Crippen LogP contribution in [0, 0.1) is 11.8 Å². The minimum Gasteiger partial charge on any atom is -0.0696 e. The van der Waals surface area contributed by atoms with Crippen molar-refractivity contribution in [1.82, 2.24) is 0 Å². The van der Waals surface area contributed by atoms with Gasteiger partial charge in [-0.2, -0.15) is 0 Å². The molecular formula is C75H162Si9. The van der Waals surface area contributed by atoms with Gasteiger partial charge in [-0.05, 0) is 29.0 Å². The van der Waals surface area contributed by atoms with E-state index >= 15 is 0 Å². The Balaban J connectivity index is -0.000000208. The molecule has 0 atom stereocenters. The standard InChI is InChI=1S/C16H20Si.C10H24Si.C9H14Si.2C8H20Si.C7H18Si.2C6H16Si.C5H14Si/c1-17(2,13-15-9-5-3-6-10-15)14-16-11-7-4-8-12-16;1-9(2)7-11(5,6)8-10(3)4;1-10(2,3)9-7-5-4-6-8-9;1-7(2)9(5,6)8(3)4;1-5-7-9(3,4)8-6-2;1-7(2,3)8(4,5)6;1-6(2)7(3,4)5;1-5-6-7(2,3)4;1-5-6(2,3)4/h3-12H,13-14H2,1-2H3;9-10H,7-8H2,1-6H3;4-8H,1-3H3;7-8H,1-6H3;5-8H2,1-4H3;1-6H3;6H,1-5H3;5-6H2,1-4H3;5H2,1-4H3. The molecule has 0 amide bonds. The molecular weight excluding hydrogens is 1150 g/mol. The second-order valence-electron chi connectivity index (χ2n) is 36.5. The fourth-order valence-corrected chi connectivity index (χ4v) is 22.9. The van der Waals surface area contributed by atoms with Crippen molar-refractivity contribution in [2.45, 2.75) is 358 Å². The Morgan fingerprint density at radius 1 is 0.345 bits per heavy atom. The van der Waals surface area contributed by atoms with Crippen molar-refractivity contribution >= 4 is 77.9 Å². The van der Waals surface area contributed by atoms with E-state index in [-0.39, 0.29) is 0 Å². The van der Waals surface area contributed by atoms with Crippen molar-refractivity contribution in [3.63, 3.8) is 0 Å². The van der Waals surface area contributed by atoms with Crippen molar-refractivity contribution in [2.24, 2.45) is 11.8 Å². The molecule has 3 aromatic rings. The predicted molar refractivity (Wildman–Crippen MR) is 433 cm³/mol. The van der Waals surface area contributed by atoms with Gasteiger partial charge in [0.2, 0.25) is 0 Å². The maximum absolute atomic E-state index is 2.52. The van der Waals surface area contributed by atoms with Gasteiger partial charge in [-0.25, -0.2) is 0 Å². The third kappa shape index (κ3) is 63.2. The molecule has 3 rings (SSSR count).